The number of pyridine rings is 1. The van der Waals surface area contributed by atoms with Crippen molar-refractivity contribution in [2.45, 2.75) is 13.1 Å². The molecule has 0 aromatic carbocycles. The molecule has 6 heteroatoms. The Morgan fingerprint density at radius 2 is 2.11 bits per heavy atom. The summed E-state index contributed by atoms with van der Waals surface area (Å²) in [5, 5.41) is 8.18. The molecule has 0 bridgehead atoms. The summed E-state index contributed by atoms with van der Waals surface area (Å²) in [5.41, 5.74) is 3.06. The zero-order valence-corrected chi connectivity index (χ0v) is 11.3. The van der Waals surface area contributed by atoms with Crippen LogP contribution in [0.2, 0.25) is 5.02 Å². The van der Waals surface area contributed by atoms with Crippen molar-refractivity contribution < 1.29 is 0 Å². The van der Waals surface area contributed by atoms with Crippen LogP contribution in [0.15, 0.2) is 36.9 Å². The second-order valence-electron chi connectivity index (χ2n) is 4.47. The summed E-state index contributed by atoms with van der Waals surface area (Å²) >= 11 is 5.94. The highest BCUT2D eigenvalue weighted by Crippen LogP contribution is 2.11. The molecule has 1 N–H and O–H groups in total. The Labute approximate surface area is 115 Å². The predicted octanol–water partition coefficient (Wildman–Crippen LogP) is 2.01. The summed E-state index contributed by atoms with van der Waals surface area (Å²) in [6, 6.07) is 3.75. The second-order valence-corrected chi connectivity index (χ2v) is 4.91. The number of halogens is 1. The maximum absolute atomic E-state index is 5.94. The lowest BCUT2D eigenvalue weighted by Crippen LogP contribution is -2.12. The Balaban J connectivity index is 1.65. The van der Waals surface area contributed by atoms with E-state index in [0.717, 1.165) is 23.4 Å². The first-order valence-electron chi connectivity index (χ1n) is 6.02. The molecule has 5 nitrogen and oxygen atoms in total. The molecule has 0 amide bonds. The van der Waals surface area contributed by atoms with Crippen molar-refractivity contribution in [3.05, 3.63) is 53.2 Å². The largest absolute Gasteiger partial charge is 0.307 e. The molecule has 0 fully saturated rings. The fraction of sp³-hybridized carbons (Fsp3) is 0.231. The van der Waals surface area contributed by atoms with Gasteiger partial charge in [-0.1, -0.05) is 11.6 Å². The number of aryl methyl sites for hydroxylation is 1. The monoisotopic (exact) mass is 275 g/mol. The number of rotatable bonds is 4. The van der Waals surface area contributed by atoms with E-state index in [1.807, 2.05) is 48.4 Å². The van der Waals surface area contributed by atoms with Crippen LogP contribution in [-0.2, 0) is 20.1 Å². The lowest BCUT2D eigenvalue weighted by atomic mass is 10.3. The summed E-state index contributed by atoms with van der Waals surface area (Å²) in [5.74, 6) is 0. The lowest BCUT2D eigenvalue weighted by Gasteiger charge is -1.98. The van der Waals surface area contributed by atoms with Gasteiger partial charge in [-0.3, -0.25) is 4.68 Å². The van der Waals surface area contributed by atoms with E-state index in [2.05, 4.69) is 15.4 Å². The maximum Gasteiger partial charge on any atom is 0.137 e. The summed E-state index contributed by atoms with van der Waals surface area (Å²) < 4.78 is 3.73. The fourth-order valence-corrected chi connectivity index (χ4v) is 2.17. The molecule has 3 heterocycles. The maximum atomic E-state index is 5.94. The van der Waals surface area contributed by atoms with E-state index in [9.17, 15) is 0 Å². The fourth-order valence-electron chi connectivity index (χ4n) is 2.00. The van der Waals surface area contributed by atoms with E-state index in [1.165, 1.54) is 0 Å². The molecule has 0 atom stereocenters. The Morgan fingerprint density at radius 3 is 2.89 bits per heavy atom. The van der Waals surface area contributed by atoms with Crippen LogP contribution in [0.3, 0.4) is 0 Å². The molecule has 0 saturated carbocycles. The van der Waals surface area contributed by atoms with Crippen LogP contribution in [0, 0.1) is 0 Å². The Bertz CT molecular complexity index is 700. The quantitative estimate of drug-likeness (QED) is 0.792. The Morgan fingerprint density at radius 1 is 1.21 bits per heavy atom. The van der Waals surface area contributed by atoms with Gasteiger partial charge in [0.05, 0.1) is 16.9 Å². The summed E-state index contributed by atoms with van der Waals surface area (Å²) in [6.45, 7) is 1.50. The van der Waals surface area contributed by atoms with Gasteiger partial charge in [-0.15, -0.1) is 0 Å². The van der Waals surface area contributed by atoms with Crippen LogP contribution in [0.1, 0.15) is 11.3 Å². The smallest absolute Gasteiger partial charge is 0.137 e. The number of hydrogen-bond donors (Lipinski definition) is 1. The minimum Gasteiger partial charge on any atom is -0.307 e. The molecule has 0 spiro atoms. The third-order valence-electron chi connectivity index (χ3n) is 2.86. The number of aromatic nitrogens is 4. The SMILES string of the molecule is Cn1cc(CNCc2cn3cc(Cl)ccc3n2)cn1. The highest BCUT2D eigenvalue weighted by molar-refractivity contribution is 6.30. The van der Waals surface area contributed by atoms with Crippen molar-refractivity contribution in [3.8, 4) is 0 Å². The van der Waals surface area contributed by atoms with Gasteiger partial charge >= 0.3 is 0 Å². The van der Waals surface area contributed by atoms with Crippen molar-refractivity contribution in [2.75, 3.05) is 0 Å². The van der Waals surface area contributed by atoms with Gasteiger partial charge in [0.15, 0.2) is 0 Å². The highest BCUT2D eigenvalue weighted by Gasteiger charge is 2.02. The average Bonchev–Trinajstić information content (AvgIpc) is 2.95. The van der Waals surface area contributed by atoms with E-state index in [-0.39, 0.29) is 0 Å². The molecule has 0 radical (unpaired) electrons. The van der Waals surface area contributed by atoms with Gasteiger partial charge in [0, 0.05) is 44.3 Å². The summed E-state index contributed by atoms with van der Waals surface area (Å²) in [6.07, 6.45) is 7.69. The number of nitrogens with zero attached hydrogens (tertiary/aromatic N) is 4. The van der Waals surface area contributed by atoms with Crippen molar-refractivity contribution in [1.82, 2.24) is 24.5 Å². The van der Waals surface area contributed by atoms with Crippen LogP contribution < -0.4 is 5.32 Å². The molecular formula is C13H14ClN5. The molecule has 3 aromatic heterocycles. The Kier molecular flexibility index (Phi) is 3.23. The number of imidazole rings is 1. The molecular weight excluding hydrogens is 262 g/mol. The number of nitrogens with one attached hydrogen (secondary N) is 1. The molecule has 3 rings (SSSR count). The van der Waals surface area contributed by atoms with Crippen molar-refractivity contribution in [3.63, 3.8) is 0 Å². The first kappa shape index (κ1) is 12.2. The van der Waals surface area contributed by atoms with Crippen molar-refractivity contribution in [2.24, 2.45) is 7.05 Å². The third kappa shape index (κ3) is 2.77. The minimum absolute atomic E-state index is 0.708. The molecule has 0 saturated heterocycles. The third-order valence-corrected chi connectivity index (χ3v) is 3.08. The van der Waals surface area contributed by atoms with Crippen LogP contribution >= 0.6 is 11.6 Å². The van der Waals surface area contributed by atoms with Gasteiger partial charge in [0.25, 0.3) is 0 Å². The van der Waals surface area contributed by atoms with Crippen molar-refractivity contribution in [1.29, 1.82) is 0 Å². The topological polar surface area (TPSA) is 47.2 Å². The van der Waals surface area contributed by atoms with Crippen LogP contribution in [0.5, 0.6) is 0 Å². The molecule has 98 valence electrons. The van der Waals surface area contributed by atoms with Gasteiger partial charge in [-0.25, -0.2) is 4.98 Å². The van der Waals surface area contributed by atoms with Gasteiger partial charge in [0.2, 0.25) is 0 Å². The van der Waals surface area contributed by atoms with Crippen LogP contribution in [-0.4, -0.2) is 19.2 Å². The first-order chi connectivity index (χ1) is 9.20. The highest BCUT2D eigenvalue weighted by atomic mass is 35.5. The van der Waals surface area contributed by atoms with Crippen LogP contribution in [0.25, 0.3) is 5.65 Å². The molecule has 0 aliphatic heterocycles. The summed E-state index contributed by atoms with van der Waals surface area (Å²) in [7, 11) is 1.91. The van der Waals surface area contributed by atoms with E-state index in [4.69, 9.17) is 11.6 Å². The van der Waals surface area contributed by atoms with Gasteiger partial charge in [-0.05, 0) is 12.1 Å². The zero-order valence-electron chi connectivity index (χ0n) is 10.5. The number of hydrogen-bond acceptors (Lipinski definition) is 3. The predicted molar refractivity (Wildman–Crippen MR) is 74.0 cm³/mol. The molecule has 19 heavy (non-hydrogen) atoms. The minimum atomic E-state index is 0.708. The normalized spacial score (nSPS) is 11.3. The van der Waals surface area contributed by atoms with E-state index >= 15 is 0 Å². The van der Waals surface area contributed by atoms with E-state index in [0.29, 0.717) is 11.6 Å². The second kappa shape index (κ2) is 5.03. The number of fused-ring (bicyclic) bond motifs is 1. The van der Waals surface area contributed by atoms with Gasteiger partial charge in [-0.2, -0.15) is 5.10 Å². The van der Waals surface area contributed by atoms with Gasteiger partial charge in [0.1, 0.15) is 5.65 Å². The lowest BCUT2D eigenvalue weighted by molar-refractivity contribution is 0.681. The average molecular weight is 276 g/mol. The van der Waals surface area contributed by atoms with Crippen LogP contribution in [0.4, 0.5) is 0 Å². The standard InChI is InChI=1S/C13H14ClN5/c1-18-7-10(5-16-18)4-15-6-12-9-19-8-11(14)2-3-13(19)17-12/h2-3,5,7-9,15H,4,6H2,1H3. The molecule has 0 aliphatic rings. The van der Waals surface area contributed by atoms with E-state index in [1.54, 1.807) is 4.68 Å². The molecule has 3 aromatic rings. The first-order valence-corrected chi connectivity index (χ1v) is 6.40. The van der Waals surface area contributed by atoms with Crippen molar-refractivity contribution >= 4 is 17.2 Å². The molecule has 0 aliphatic carbocycles. The zero-order chi connectivity index (χ0) is 13.2. The molecule has 0 unspecified atom stereocenters. The van der Waals surface area contributed by atoms with E-state index < -0.39 is 0 Å². The summed E-state index contributed by atoms with van der Waals surface area (Å²) in [4.78, 5) is 4.51. The van der Waals surface area contributed by atoms with Gasteiger partial charge < -0.3 is 9.72 Å². The Hall–Kier alpha value is -1.85.